The highest BCUT2D eigenvalue weighted by atomic mass is 32.2. The number of nitrogens with zero attached hydrogens (tertiary/aromatic N) is 1. The van der Waals surface area contributed by atoms with Crippen LogP contribution in [0.5, 0.6) is 0 Å². The third-order valence-electron chi connectivity index (χ3n) is 5.87. The Balaban J connectivity index is 2.21. The minimum Gasteiger partial charge on any atom is -0.376 e. The summed E-state index contributed by atoms with van der Waals surface area (Å²) in [7, 11) is -4.02. The summed E-state index contributed by atoms with van der Waals surface area (Å²) in [5.41, 5.74) is -0.439. The zero-order valence-corrected chi connectivity index (χ0v) is 20.7. The molecule has 10 heteroatoms. The molecule has 1 fully saturated rings. The first-order valence-corrected chi connectivity index (χ1v) is 13.0. The van der Waals surface area contributed by atoms with Crippen LogP contribution in [0.1, 0.15) is 59.8 Å². The van der Waals surface area contributed by atoms with E-state index in [0.717, 1.165) is 43.5 Å². The Hall–Kier alpha value is -2.04. The second-order valence-corrected chi connectivity index (χ2v) is 10.8. The van der Waals surface area contributed by atoms with E-state index in [9.17, 15) is 22.4 Å². The van der Waals surface area contributed by atoms with Gasteiger partial charge in [-0.3, -0.25) is 9.59 Å². The molecule has 0 aliphatic carbocycles. The average molecular weight is 486 g/mol. The topological polar surface area (TPSA) is 105 Å². The molecule has 1 aliphatic heterocycles. The lowest BCUT2D eigenvalue weighted by Crippen LogP contribution is -2.57. The van der Waals surface area contributed by atoms with Gasteiger partial charge in [-0.25, -0.2) is 17.5 Å². The van der Waals surface area contributed by atoms with Gasteiger partial charge >= 0.3 is 0 Å². The number of hydrogen-bond acceptors (Lipinski definition) is 5. The van der Waals surface area contributed by atoms with Crippen molar-refractivity contribution in [3.05, 3.63) is 30.1 Å². The zero-order chi connectivity index (χ0) is 24.6. The van der Waals surface area contributed by atoms with Gasteiger partial charge in [-0.05, 0) is 63.8 Å². The minimum atomic E-state index is -4.02. The van der Waals surface area contributed by atoms with E-state index in [2.05, 4.69) is 10.0 Å². The highest BCUT2D eigenvalue weighted by Gasteiger charge is 2.34. The Bertz CT molecular complexity index is 899. The SMILES string of the molecule is CCC[C@H](C(=O)NC(C)(C)CC)N(C[C@H]1CCCO1)C(=O)CNS(=O)(=O)c1ccc(F)cc1. The average Bonchev–Trinajstić information content (AvgIpc) is 3.28. The van der Waals surface area contributed by atoms with Crippen LogP contribution in [-0.2, 0) is 24.3 Å². The number of nitrogens with one attached hydrogen (secondary N) is 2. The van der Waals surface area contributed by atoms with Crippen molar-refractivity contribution in [2.24, 2.45) is 0 Å². The second-order valence-electron chi connectivity index (χ2n) is 8.99. The van der Waals surface area contributed by atoms with Gasteiger partial charge in [-0.2, -0.15) is 0 Å². The monoisotopic (exact) mass is 485 g/mol. The lowest BCUT2D eigenvalue weighted by Gasteiger charge is -2.35. The molecule has 0 aromatic heterocycles. The number of carbonyl (C=O) groups excluding carboxylic acids is 2. The first kappa shape index (κ1) is 27.2. The van der Waals surface area contributed by atoms with Gasteiger partial charge in [0.15, 0.2) is 0 Å². The molecule has 0 spiro atoms. The third-order valence-corrected chi connectivity index (χ3v) is 7.29. The van der Waals surface area contributed by atoms with E-state index in [1.54, 1.807) is 0 Å². The van der Waals surface area contributed by atoms with Crippen molar-refractivity contribution in [1.29, 1.82) is 0 Å². The van der Waals surface area contributed by atoms with E-state index in [4.69, 9.17) is 4.74 Å². The second kappa shape index (κ2) is 11.9. The maximum Gasteiger partial charge on any atom is 0.243 e. The largest absolute Gasteiger partial charge is 0.376 e. The molecule has 2 rings (SSSR count). The van der Waals surface area contributed by atoms with Gasteiger partial charge in [0, 0.05) is 18.7 Å². The molecule has 186 valence electrons. The van der Waals surface area contributed by atoms with Crippen LogP contribution in [0.2, 0.25) is 0 Å². The molecular weight excluding hydrogens is 449 g/mol. The number of hydrogen-bond donors (Lipinski definition) is 2. The summed E-state index contributed by atoms with van der Waals surface area (Å²) >= 11 is 0. The number of ether oxygens (including phenoxy) is 1. The molecule has 0 saturated carbocycles. The molecule has 1 heterocycles. The third kappa shape index (κ3) is 8.04. The molecule has 33 heavy (non-hydrogen) atoms. The number of halogens is 1. The van der Waals surface area contributed by atoms with E-state index in [0.29, 0.717) is 19.4 Å². The summed E-state index contributed by atoms with van der Waals surface area (Å²) < 4.78 is 46.2. The van der Waals surface area contributed by atoms with Gasteiger partial charge < -0.3 is 15.0 Å². The van der Waals surface area contributed by atoms with Gasteiger partial charge in [-0.1, -0.05) is 20.3 Å². The Morgan fingerprint density at radius 2 is 1.91 bits per heavy atom. The van der Waals surface area contributed by atoms with Gasteiger partial charge in [0.1, 0.15) is 11.9 Å². The molecular formula is C23H36FN3O5S. The predicted octanol–water partition coefficient (Wildman–Crippen LogP) is 2.59. The van der Waals surface area contributed by atoms with Gasteiger partial charge in [0.2, 0.25) is 21.8 Å². The van der Waals surface area contributed by atoms with E-state index in [-0.39, 0.29) is 23.5 Å². The van der Waals surface area contributed by atoms with E-state index in [1.165, 1.54) is 4.90 Å². The Kier molecular flexibility index (Phi) is 9.81. The number of rotatable bonds is 12. The first-order valence-electron chi connectivity index (χ1n) is 11.5. The molecule has 8 nitrogen and oxygen atoms in total. The van der Waals surface area contributed by atoms with Crippen LogP contribution in [0.3, 0.4) is 0 Å². The predicted molar refractivity (Wildman–Crippen MR) is 123 cm³/mol. The van der Waals surface area contributed by atoms with E-state index < -0.39 is 39.9 Å². The van der Waals surface area contributed by atoms with Crippen molar-refractivity contribution in [2.45, 2.75) is 82.4 Å². The smallest absolute Gasteiger partial charge is 0.243 e. The van der Waals surface area contributed by atoms with Crippen molar-refractivity contribution in [1.82, 2.24) is 14.9 Å². The maximum absolute atomic E-state index is 13.2. The molecule has 2 atom stereocenters. The summed E-state index contributed by atoms with van der Waals surface area (Å²) in [6.07, 6.45) is 3.27. The molecule has 1 aromatic carbocycles. The quantitative estimate of drug-likeness (QED) is 0.474. The fourth-order valence-corrected chi connectivity index (χ4v) is 4.55. The van der Waals surface area contributed by atoms with Crippen LogP contribution in [0, 0.1) is 5.82 Å². The van der Waals surface area contributed by atoms with E-state index >= 15 is 0 Å². The van der Waals surface area contributed by atoms with Gasteiger partial charge in [-0.15, -0.1) is 0 Å². The number of carbonyl (C=O) groups is 2. The summed E-state index contributed by atoms with van der Waals surface area (Å²) in [5, 5.41) is 3.01. The lowest BCUT2D eigenvalue weighted by atomic mass is 10.00. The van der Waals surface area contributed by atoms with Crippen LogP contribution in [0.15, 0.2) is 29.2 Å². The van der Waals surface area contributed by atoms with Crippen LogP contribution in [-0.4, -0.2) is 62.5 Å². The Labute approximate surface area is 196 Å². The summed E-state index contributed by atoms with van der Waals surface area (Å²) in [6, 6.07) is 3.60. The fourth-order valence-electron chi connectivity index (χ4n) is 3.57. The first-order chi connectivity index (χ1) is 15.5. The molecule has 2 amide bonds. The number of amides is 2. The highest BCUT2D eigenvalue weighted by molar-refractivity contribution is 7.89. The molecule has 1 aromatic rings. The number of benzene rings is 1. The molecule has 2 N–H and O–H groups in total. The van der Waals surface area contributed by atoms with Gasteiger partial charge in [0.05, 0.1) is 17.5 Å². The van der Waals surface area contributed by atoms with E-state index in [1.807, 2.05) is 27.7 Å². The minimum absolute atomic E-state index is 0.144. The molecule has 1 aliphatic rings. The Morgan fingerprint density at radius 3 is 2.45 bits per heavy atom. The summed E-state index contributed by atoms with van der Waals surface area (Å²) in [5.74, 6) is -1.34. The normalized spacial score (nSPS) is 17.5. The zero-order valence-electron chi connectivity index (χ0n) is 19.9. The number of sulfonamides is 1. The molecule has 0 bridgehead atoms. The van der Waals surface area contributed by atoms with Crippen LogP contribution < -0.4 is 10.0 Å². The maximum atomic E-state index is 13.2. The van der Waals surface area contributed by atoms with Crippen LogP contribution >= 0.6 is 0 Å². The fraction of sp³-hybridized carbons (Fsp3) is 0.652. The lowest BCUT2D eigenvalue weighted by molar-refractivity contribution is -0.142. The molecule has 0 radical (unpaired) electrons. The summed E-state index contributed by atoms with van der Waals surface area (Å²) in [6.45, 7) is 8.01. The van der Waals surface area contributed by atoms with Crippen molar-refractivity contribution in [3.8, 4) is 0 Å². The van der Waals surface area contributed by atoms with Crippen molar-refractivity contribution >= 4 is 21.8 Å². The Morgan fingerprint density at radius 1 is 1.24 bits per heavy atom. The van der Waals surface area contributed by atoms with Crippen LogP contribution in [0.4, 0.5) is 4.39 Å². The van der Waals surface area contributed by atoms with Crippen molar-refractivity contribution in [2.75, 3.05) is 19.7 Å². The molecule has 1 saturated heterocycles. The van der Waals surface area contributed by atoms with Crippen molar-refractivity contribution in [3.63, 3.8) is 0 Å². The van der Waals surface area contributed by atoms with Crippen LogP contribution in [0.25, 0.3) is 0 Å². The molecule has 0 unspecified atom stereocenters. The summed E-state index contributed by atoms with van der Waals surface area (Å²) in [4.78, 5) is 27.7. The van der Waals surface area contributed by atoms with Crippen molar-refractivity contribution < 1.29 is 27.1 Å². The standard InChI is InChI=1S/C23H36FN3O5S/c1-5-8-20(22(29)26-23(3,4)6-2)27(16-18-9-7-14-32-18)21(28)15-25-33(30,31)19-12-10-17(24)11-13-19/h10-13,18,20,25H,5-9,14-16H2,1-4H3,(H,26,29)/t18-,20-/m1/s1. The van der Waals surface area contributed by atoms with Gasteiger partial charge in [0.25, 0.3) is 0 Å². The highest BCUT2D eigenvalue weighted by Crippen LogP contribution is 2.19.